The highest BCUT2D eigenvalue weighted by molar-refractivity contribution is 14.1. The van der Waals surface area contributed by atoms with Crippen molar-refractivity contribution in [3.63, 3.8) is 0 Å². The minimum Gasteiger partial charge on any atom is -0.334 e. The van der Waals surface area contributed by atoms with Gasteiger partial charge in [0, 0.05) is 22.2 Å². The number of nitrogens with one attached hydrogen (secondary N) is 2. The Kier molecular flexibility index (Phi) is 5.57. The Morgan fingerprint density at radius 2 is 1.84 bits per heavy atom. The van der Waals surface area contributed by atoms with Gasteiger partial charge in [0.05, 0.1) is 12.1 Å². The fourth-order valence-electron chi connectivity index (χ4n) is 3.00. The van der Waals surface area contributed by atoms with Crippen molar-refractivity contribution in [3.05, 3.63) is 63.7 Å². The summed E-state index contributed by atoms with van der Waals surface area (Å²) in [6, 6.07) is 17.0. The molecule has 1 aliphatic rings. The summed E-state index contributed by atoms with van der Waals surface area (Å²) in [4.78, 5) is 26.3. The Morgan fingerprint density at radius 3 is 2.52 bits per heavy atom. The zero-order chi connectivity index (χ0) is 17.8. The standard InChI is InChI=1S/C19H20IN3O2/c1-13(14-5-3-2-4-6-14)23-12-17(11-18(23)24)22-19(25)21-16-9-7-15(20)8-10-16/h2-10,13,17H,11-12H2,1H3,(H2,21,22,25). The molecular weight excluding hydrogens is 429 g/mol. The molecule has 2 unspecified atom stereocenters. The molecule has 2 aromatic carbocycles. The molecular formula is C19H20IN3O2. The number of hydrogen-bond donors (Lipinski definition) is 2. The molecule has 0 saturated carbocycles. The van der Waals surface area contributed by atoms with Crippen molar-refractivity contribution in [2.45, 2.75) is 25.4 Å². The van der Waals surface area contributed by atoms with Gasteiger partial charge in [-0.25, -0.2) is 4.79 Å². The van der Waals surface area contributed by atoms with E-state index in [0.29, 0.717) is 13.0 Å². The third-order valence-electron chi connectivity index (χ3n) is 4.35. The van der Waals surface area contributed by atoms with Crippen LogP contribution in [0, 0.1) is 3.57 Å². The zero-order valence-electron chi connectivity index (χ0n) is 13.9. The smallest absolute Gasteiger partial charge is 0.319 e. The van der Waals surface area contributed by atoms with E-state index >= 15 is 0 Å². The van der Waals surface area contributed by atoms with E-state index in [-0.39, 0.29) is 24.0 Å². The number of rotatable bonds is 4. The van der Waals surface area contributed by atoms with Crippen molar-refractivity contribution in [2.75, 3.05) is 11.9 Å². The number of likely N-dealkylation sites (tertiary alicyclic amines) is 1. The largest absolute Gasteiger partial charge is 0.334 e. The van der Waals surface area contributed by atoms with Crippen LogP contribution in [0.1, 0.15) is 24.9 Å². The highest BCUT2D eigenvalue weighted by Crippen LogP contribution is 2.25. The van der Waals surface area contributed by atoms with Crippen LogP contribution in [0.4, 0.5) is 10.5 Å². The quantitative estimate of drug-likeness (QED) is 0.699. The minimum atomic E-state index is -0.284. The molecule has 0 aliphatic carbocycles. The zero-order valence-corrected chi connectivity index (χ0v) is 16.1. The molecule has 1 saturated heterocycles. The number of urea groups is 1. The van der Waals surface area contributed by atoms with Crippen LogP contribution in [0.25, 0.3) is 0 Å². The van der Waals surface area contributed by atoms with Gasteiger partial charge < -0.3 is 15.5 Å². The normalized spacial score (nSPS) is 18.1. The molecule has 2 atom stereocenters. The Hall–Kier alpha value is -2.09. The van der Waals surface area contributed by atoms with E-state index in [0.717, 1.165) is 14.8 Å². The van der Waals surface area contributed by atoms with E-state index in [1.807, 2.05) is 66.4 Å². The van der Waals surface area contributed by atoms with Crippen molar-refractivity contribution in [1.82, 2.24) is 10.2 Å². The lowest BCUT2D eigenvalue weighted by Gasteiger charge is -2.25. The average Bonchev–Trinajstić information content (AvgIpc) is 2.97. The van der Waals surface area contributed by atoms with E-state index in [9.17, 15) is 9.59 Å². The molecule has 3 amide bonds. The monoisotopic (exact) mass is 449 g/mol. The molecule has 0 spiro atoms. The van der Waals surface area contributed by atoms with Gasteiger partial charge in [0.2, 0.25) is 5.91 Å². The van der Waals surface area contributed by atoms with Crippen LogP contribution in [0.3, 0.4) is 0 Å². The van der Waals surface area contributed by atoms with E-state index in [2.05, 4.69) is 33.2 Å². The molecule has 1 heterocycles. The van der Waals surface area contributed by atoms with Gasteiger partial charge in [-0.05, 0) is 59.3 Å². The van der Waals surface area contributed by atoms with Gasteiger partial charge in [0.15, 0.2) is 0 Å². The van der Waals surface area contributed by atoms with Gasteiger partial charge in [0.1, 0.15) is 0 Å². The molecule has 2 N–H and O–H groups in total. The van der Waals surface area contributed by atoms with Gasteiger partial charge >= 0.3 is 6.03 Å². The number of carbonyl (C=O) groups excluding carboxylic acids is 2. The van der Waals surface area contributed by atoms with Crippen molar-refractivity contribution in [1.29, 1.82) is 0 Å². The molecule has 6 heteroatoms. The lowest BCUT2D eigenvalue weighted by molar-refractivity contribution is -0.129. The van der Waals surface area contributed by atoms with E-state index in [4.69, 9.17) is 0 Å². The van der Waals surface area contributed by atoms with Crippen LogP contribution >= 0.6 is 22.6 Å². The van der Waals surface area contributed by atoms with Crippen LogP contribution < -0.4 is 10.6 Å². The predicted octanol–water partition coefficient (Wildman–Crippen LogP) is 3.77. The second-order valence-electron chi connectivity index (χ2n) is 6.14. The second-order valence-corrected chi connectivity index (χ2v) is 7.38. The Balaban J connectivity index is 1.57. The molecule has 1 fully saturated rings. The summed E-state index contributed by atoms with van der Waals surface area (Å²) >= 11 is 2.21. The third-order valence-corrected chi connectivity index (χ3v) is 5.06. The molecule has 2 aromatic rings. The van der Waals surface area contributed by atoms with Gasteiger partial charge in [-0.15, -0.1) is 0 Å². The maximum atomic E-state index is 12.3. The average molecular weight is 449 g/mol. The molecule has 0 bridgehead atoms. The van der Waals surface area contributed by atoms with Gasteiger partial charge in [-0.1, -0.05) is 30.3 Å². The summed E-state index contributed by atoms with van der Waals surface area (Å²) in [6.07, 6.45) is 0.331. The van der Waals surface area contributed by atoms with Crippen LogP contribution in [-0.4, -0.2) is 29.4 Å². The summed E-state index contributed by atoms with van der Waals surface area (Å²) in [5.74, 6) is 0.0657. The lowest BCUT2D eigenvalue weighted by Crippen LogP contribution is -2.40. The van der Waals surface area contributed by atoms with Crippen LogP contribution in [0.5, 0.6) is 0 Å². The van der Waals surface area contributed by atoms with E-state index in [1.54, 1.807) is 0 Å². The first-order chi connectivity index (χ1) is 12.0. The maximum absolute atomic E-state index is 12.3. The molecule has 5 nitrogen and oxygen atoms in total. The summed E-state index contributed by atoms with van der Waals surface area (Å²) in [6.45, 7) is 2.54. The van der Waals surface area contributed by atoms with Crippen LogP contribution in [0.2, 0.25) is 0 Å². The number of carbonyl (C=O) groups is 2. The predicted molar refractivity (Wildman–Crippen MR) is 106 cm³/mol. The molecule has 3 rings (SSSR count). The van der Waals surface area contributed by atoms with Crippen LogP contribution in [0.15, 0.2) is 54.6 Å². The van der Waals surface area contributed by atoms with Gasteiger partial charge in [-0.2, -0.15) is 0 Å². The summed E-state index contributed by atoms with van der Waals surface area (Å²) in [7, 11) is 0. The fraction of sp³-hybridized carbons (Fsp3) is 0.263. The Morgan fingerprint density at radius 1 is 1.16 bits per heavy atom. The highest BCUT2D eigenvalue weighted by atomic mass is 127. The third kappa shape index (κ3) is 4.50. The molecule has 1 aliphatic heterocycles. The molecule has 0 aromatic heterocycles. The van der Waals surface area contributed by atoms with Crippen molar-refractivity contribution in [3.8, 4) is 0 Å². The van der Waals surface area contributed by atoms with Crippen molar-refractivity contribution >= 4 is 40.2 Å². The summed E-state index contributed by atoms with van der Waals surface area (Å²) in [5, 5.41) is 5.70. The number of nitrogens with zero attached hydrogens (tertiary/aromatic N) is 1. The first kappa shape index (κ1) is 17.7. The van der Waals surface area contributed by atoms with E-state index < -0.39 is 0 Å². The minimum absolute atomic E-state index is 0.000222. The number of benzene rings is 2. The first-order valence-corrected chi connectivity index (χ1v) is 9.28. The topological polar surface area (TPSA) is 61.4 Å². The number of anilines is 1. The van der Waals surface area contributed by atoms with E-state index in [1.165, 1.54) is 0 Å². The Bertz CT molecular complexity index is 749. The summed E-state index contributed by atoms with van der Waals surface area (Å²) in [5.41, 5.74) is 1.83. The van der Waals surface area contributed by atoms with Gasteiger partial charge in [-0.3, -0.25) is 4.79 Å². The molecule has 130 valence electrons. The van der Waals surface area contributed by atoms with Crippen LogP contribution in [-0.2, 0) is 4.79 Å². The van der Waals surface area contributed by atoms with Crippen molar-refractivity contribution in [2.24, 2.45) is 0 Å². The van der Waals surface area contributed by atoms with Gasteiger partial charge in [0.25, 0.3) is 0 Å². The second kappa shape index (κ2) is 7.86. The molecule has 0 radical (unpaired) electrons. The Labute approximate surface area is 160 Å². The number of halogens is 1. The summed E-state index contributed by atoms with van der Waals surface area (Å²) < 4.78 is 1.11. The lowest BCUT2D eigenvalue weighted by atomic mass is 10.1. The first-order valence-electron chi connectivity index (χ1n) is 8.20. The number of amides is 3. The fourth-order valence-corrected chi connectivity index (χ4v) is 3.36. The maximum Gasteiger partial charge on any atom is 0.319 e. The highest BCUT2D eigenvalue weighted by Gasteiger charge is 2.33. The van der Waals surface area contributed by atoms with Crippen molar-refractivity contribution < 1.29 is 9.59 Å². The molecule has 25 heavy (non-hydrogen) atoms. The number of hydrogen-bond acceptors (Lipinski definition) is 2. The SMILES string of the molecule is CC(c1ccccc1)N1CC(NC(=O)Nc2ccc(I)cc2)CC1=O.